The van der Waals surface area contributed by atoms with Crippen molar-refractivity contribution in [2.75, 3.05) is 0 Å². The minimum absolute atomic E-state index is 0.251. The van der Waals surface area contributed by atoms with Gasteiger partial charge in [-0.05, 0) is 70.9 Å². The first-order valence-electron chi connectivity index (χ1n) is 11.3. The maximum absolute atomic E-state index is 10.5. The smallest absolute Gasteiger partial charge is 0.119 e. The van der Waals surface area contributed by atoms with E-state index in [4.69, 9.17) is 12.2 Å². The molecule has 0 unspecified atom stereocenters. The second-order valence-electron chi connectivity index (χ2n) is 8.48. The molecule has 1 aliphatic rings. The van der Waals surface area contributed by atoms with E-state index in [0.717, 1.165) is 38.2 Å². The van der Waals surface area contributed by atoms with Gasteiger partial charge in [-0.2, -0.15) is 0 Å². The van der Waals surface area contributed by atoms with Gasteiger partial charge in [-0.3, -0.25) is 0 Å². The van der Waals surface area contributed by atoms with Crippen LogP contribution < -0.4 is 0 Å². The largest absolute Gasteiger partial charge is 0.508 e. The van der Waals surface area contributed by atoms with E-state index in [9.17, 15) is 10.2 Å². The minimum atomic E-state index is -0.601. The van der Waals surface area contributed by atoms with Gasteiger partial charge in [0, 0.05) is 10.3 Å². The number of benzene rings is 3. The highest BCUT2D eigenvalue weighted by Gasteiger charge is 2.38. The van der Waals surface area contributed by atoms with E-state index in [1.54, 1.807) is 24.3 Å². The molecule has 3 aromatic rings. The van der Waals surface area contributed by atoms with Crippen molar-refractivity contribution in [3.05, 3.63) is 144 Å². The van der Waals surface area contributed by atoms with E-state index in [-0.39, 0.29) is 11.5 Å². The molecule has 0 atom stereocenters. The summed E-state index contributed by atoms with van der Waals surface area (Å²) in [6.45, 7) is 7.71. The molecule has 0 aliphatic heterocycles. The van der Waals surface area contributed by atoms with Gasteiger partial charge >= 0.3 is 0 Å². The van der Waals surface area contributed by atoms with E-state index >= 15 is 0 Å². The third-order valence-corrected chi connectivity index (χ3v) is 6.80. The molecule has 0 fully saturated rings. The molecule has 0 saturated heterocycles. The summed E-state index contributed by atoms with van der Waals surface area (Å²) in [5.41, 5.74) is 5.20. The Kier molecular flexibility index (Phi) is 6.95. The molecule has 170 valence electrons. The molecule has 0 radical (unpaired) electrons. The van der Waals surface area contributed by atoms with Crippen LogP contribution in [0.4, 0.5) is 0 Å². The summed E-state index contributed by atoms with van der Waals surface area (Å²) in [5.74, 6) is 0.502. The lowest BCUT2D eigenvalue weighted by Gasteiger charge is -2.37. The van der Waals surface area contributed by atoms with Gasteiger partial charge in [0.25, 0.3) is 0 Å². The van der Waals surface area contributed by atoms with E-state index in [2.05, 4.69) is 43.5 Å². The third-order valence-electron chi connectivity index (χ3n) is 6.44. The van der Waals surface area contributed by atoms with Crippen LogP contribution in [0.5, 0.6) is 11.5 Å². The van der Waals surface area contributed by atoms with Gasteiger partial charge < -0.3 is 10.2 Å². The molecule has 1 aliphatic carbocycles. The highest BCUT2D eigenvalue weighted by atomic mass is 32.1. The van der Waals surface area contributed by atoms with Crippen LogP contribution in [-0.4, -0.2) is 15.1 Å². The summed E-state index contributed by atoms with van der Waals surface area (Å²) in [6, 6.07) is 19.9. The molecule has 3 aromatic carbocycles. The molecular weight excluding hydrogens is 436 g/mol. The monoisotopic (exact) mass is 464 g/mol. The Morgan fingerprint density at radius 2 is 1.41 bits per heavy atom. The number of fused-ring (bicyclic) bond motifs is 1. The predicted molar refractivity (Wildman–Crippen MR) is 145 cm³/mol. The first kappa shape index (κ1) is 23.5. The number of allylic oxidation sites excluding steroid dienone is 6. The van der Waals surface area contributed by atoms with Gasteiger partial charge in [-0.25, -0.2) is 0 Å². The average molecular weight is 465 g/mol. The quantitative estimate of drug-likeness (QED) is 0.301. The Morgan fingerprint density at radius 1 is 0.824 bits per heavy atom. The van der Waals surface area contributed by atoms with E-state index in [0.29, 0.717) is 19.3 Å². The first-order valence-corrected chi connectivity index (χ1v) is 11.8. The van der Waals surface area contributed by atoms with Gasteiger partial charge in [0.05, 0.1) is 0 Å². The lowest BCUT2D eigenvalue weighted by atomic mass is 9.65. The van der Waals surface area contributed by atoms with Crippen LogP contribution >= 0.6 is 12.2 Å². The van der Waals surface area contributed by atoms with Gasteiger partial charge in [0.2, 0.25) is 0 Å². The van der Waals surface area contributed by atoms with Crippen molar-refractivity contribution >= 4 is 17.1 Å². The molecule has 34 heavy (non-hydrogen) atoms. The second-order valence-corrected chi connectivity index (χ2v) is 8.92. The summed E-state index contributed by atoms with van der Waals surface area (Å²) in [7, 11) is 0. The number of rotatable bonds is 6. The van der Waals surface area contributed by atoms with Crippen molar-refractivity contribution in [3.63, 3.8) is 0 Å². The van der Waals surface area contributed by atoms with Gasteiger partial charge in [0.15, 0.2) is 0 Å². The fourth-order valence-corrected chi connectivity index (χ4v) is 5.05. The predicted octanol–water partition coefficient (Wildman–Crippen LogP) is 7.12. The SMILES string of the molecule is C=CCc1cc(C2(c3ccc(O)c(CC=C)c3)C/C=C\C=C/C(=S)c3ccccc32)ccc1O. The van der Waals surface area contributed by atoms with Crippen LogP contribution in [0.3, 0.4) is 0 Å². The highest BCUT2D eigenvalue weighted by Crippen LogP contribution is 2.46. The maximum atomic E-state index is 10.5. The fraction of sp³-hybridized carbons (Fsp3) is 0.129. The van der Waals surface area contributed by atoms with Crippen LogP contribution in [0, 0.1) is 0 Å². The Morgan fingerprint density at radius 3 is 2.00 bits per heavy atom. The minimum Gasteiger partial charge on any atom is -0.508 e. The number of hydrogen-bond donors (Lipinski definition) is 2. The summed E-state index contributed by atoms with van der Waals surface area (Å²) in [4.78, 5) is 0.765. The van der Waals surface area contributed by atoms with Crippen LogP contribution in [0.2, 0.25) is 0 Å². The second kappa shape index (κ2) is 10.1. The van der Waals surface area contributed by atoms with Crippen LogP contribution in [0.1, 0.15) is 39.8 Å². The summed E-state index contributed by atoms with van der Waals surface area (Å²) in [6.07, 6.45) is 13.5. The normalized spacial score (nSPS) is 16.4. The zero-order valence-corrected chi connectivity index (χ0v) is 19.9. The number of thiocarbonyl (C=S) groups is 1. The summed E-state index contributed by atoms with van der Waals surface area (Å²) in [5, 5.41) is 21.0. The molecule has 0 aromatic heterocycles. The van der Waals surface area contributed by atoms with E-state index < -0.39 is 5.41 Å². The van der Waals surface area contributed by atoms with Crippen molar-refractivity contribution in [3.8, 4) is 11.5 Å². The molecule has 0 spiro atoms. The molecule has 0 bridgehead atoms. The standard InChI is InChI=1S/C31H28O2S/c1-3-10-22-20-24(15-17-28(22)32)31(25-16-18-29(33)23(21-25)11-4-2)19-9-5-6-14-30(34)26-12-7-8-13-27(26)31/h3-9,12-18,20-21,32-33H,1-2,10-11,19H2/b9-5-,14-6-. The van der Waals surface area contributed by atoms with Gasteiger partial charge in [-0.15, -0.1) is 13.2 Å². The van der Waals surface area contributed by atoms with Crippen LogP contribution in [-0.2, 0) is 18.3 Å². The van der Waals surface area contributed by atoms with Crippen molar-refractivity contribution in [1.29, 1.82) is 0 Å². The lowest BCUT2D eigenvalue weighted by Crippen LogP contribution is -2.31. The Labute approximate surface area is 206 Å². The number of phenolic OH excluding ortho intramolecular Hbond substituents is 2. The fourth-order valence-electron chi connectivity index (χ4n) is 4.79. The van der Waals surface area contributed by atoms with Crippen molar-refractivity contribution < 1.29 is 10.2 Å². The Bertz CT molecular complexity index is 1250. The number of phenols is 2. The van der Waals surface area contributed by atoms with E-state index in [1.165, 1.54) is 0 Å². The zero-order valence-electron chi connectivity index (χ0n) is 19.1. The van der Waals surface area contributed by atoms with Crippen molar-refractivity contribution in [2.24, 2.45) is 0 Å². The molecule has 4 rings (SSSR count). The molecule has 2 N–H and O–H groups in total. The molecule has 0 saturated carbocycles. The molecule has 3 heteroatoms. The third kappa shape index (κ3) is 4.27. The highest BCUT2D eigenvalue weighted by molar-refractivity contribution is 7.81. The van der Waals surface area contributed by atoms with Crippen LogP contribution in [0.25, 0.3) is 0 Å². The topological polar surface area (TPSA) is 40.5 Å². The number of hydrogen-bond acceptors (Lipinski definition) is 3. The van der Waals surface area contributed by atoms with Gasteiger partial charge in [-0.1, -0.05) is 91.1 Å². The summed E-state index contributed by atoms with van der Waals surface area (Å²) >= 11 is 5.82. The lowest BCUT2D eigenvalue weighted by molar-refractivity contribution is 0.468. The maximum Gasteiger partial charge on any atom is 0.119 e. The number of aromatic hydroxyl groups is 2. The molecular formula is C31H28O2S. The van der Waals surface area contributed by atoms with Crippen LogP contribution in [0.15, 0.2) is 110 Å². The Balaban J connectivity index is 2.12. The van der Waals surface area contributed by atoms with Gasteiger partial charge in [0.1, 0.15) is 11.5 Å². The molecule has 0 heterocycles. The van der Waals surface area contributed by atoms with Crippen molar-refractivity contribution in [1.82, 2.24) is 0 Å². The Hall–Kier alpha value is -3.69. The first-order chi connectivity index (χ1) is 16.5. The molecule has 0 amide bonds. The zero-order chi connectivity index (χ0) is 24.1. The van der Waals surface area contributed by atoms with E-state index in [1.807, 2.05) is 42.5 Å². The average Bonchev–Trinajstić information content (AvgIpc) is 2.91. The van der Waals surface area contributed by atoms with Crippen molar-refractivity contribution in [2.45, 2.75) is 24.7 Å². The molecule has 2 nitrogen and oxygen atoms in total. The summed E-state index contributed by atoms with van der Waals surface area (Å²) < 4.78 is 0.